The van der Waals surface area contributed by atoms with E-state index >= 15 is 0 Å². The van der Waals surface area contributed by atoms with E-state index in [-0.39, 0.29) is 18.7 Å². The van der Waals surface area contributed by atoms with Gasteiger partial charge in [-0.2, -0.15) is 0 Å². The fraction of sp³-hybridized carbons (Fsp3) is 0.360. The molecule has 2 aromatic rings. The van der Waals surface area contributed by atoms with Crippen LogP contribution in [0, 0.1) is 18.8 Å². The number of anilines is 1. The molecule has 34 heavy (non-hydrogen) atoms. The minimum Gasteiger partial charge on any atom is -0.550 e. The monoisotopic (exact) mass is 481 g/mol. The molecule has 3 aliphatic rings. The van der Waals surface area contributed by atoms with Crippen molar-refractivity contribution in [1.82, 2.24) is 4.90 Å². The maximum atomic E-state index is 13.9. The minimum absolute atomic E-state index is 0.0972. The van der Waals surface area contributed by atoms with E-state index in [1.165, 1.54) is 4.90 Å². The highest BCUT2D eigenvalue weighted by atomic mass is 35.5. The summed E-state index contributed by atoms with van der Waals surface area (Å²) in [6.45, 7) is 3.62. The largest absolute Gasteiger partial charge is 0.550 e. The van der Waals surface area contributed by atoms with Crippen molar-refractivity contribution in [3.63, 3.8) is 0 Å². The first-order valence-corrected chi connectivity index (χ1v) is 11.6. The zero-order valence-corrected chi connectivity index (χ0v) is 19.5. The van der Waals surface area contributed by atoms with Gasteiger partial charge >= 0.3 is 0 Å². The number of amides is 3. The predicted octanol–water partition coefficient (Wildman–Crippen LogP) is 0.634. The molecule has 176 valence electrons. The summed E-state index contributed by atoms with van der Waals surface area (Å²) < 4.78 is 0. The Hall–Kier alpha value is -3.23. The van der Waals surface area contributed by atoms with Gasteiger partial charge in [0.25, 0.3) is 5.91 Å². The number of hydrogen-bond donors (Lipinski definition) is 2. The van der Waals surface area contributed by atoms with Gasteiger partial charge in [0.2, 0.25) is 17.4 Å². The fourth-order valence-corrected chi connectivity index (χ4v) is 6.31. The summed E-state index contributed by atoms with van der Waals surface area (Å²) in [6.07, 6.45) is -0.181. The quantitative estimate of drug-likeness (QED) is 0.606. The average molecular weight is 482 g/mol. The smallest absolute Gasteiger partial charge is 0.291 e. The molecule has 5 rings (SSSR count). The molecule has 0 radical (unpaired) electrons. The molecule has 3 aliphatic heterocycles. The number of benzene rings is 2. The lowest BCUT2D eigenvalue weighted by Gasteiger charge is -2.29. The van der Waals surface area contributed by atoms with Crippen molar-refractivity contribution in [2.24, 2.45) is 11.8 Å². The fourth-order valence-electron chi connectivity index (χ4n) is 5.99. The van der Waals surface area contributed by atoms with Crippen LogP contribution in [0.2, 0.25) is 5.02 Å². The van der Waals surface area contributed by atoms with Crippen molar-refractivity contribution in [3.8, 4) is 0 Å². The van der Waals surface area contributed by atoms with Gasteiger partial charge in [-0.1, -0.05) is 41.9 Å². The summed E-state index contributed by atoms with van der Waals surface area (Å²) in [7, 11) is 0. The van der Waals surface area contributed by atoms with E-state index in [1.807, 2.05) is 43.3 Å². The number of halogens is 1. The molecule has 0 saturated carbocycles. The molecule has 5 atom stereocenters. The third-order valence-electron chi connectivity index (χ3n) is 7.46. The van der Waals surface area contributed by atoms with Crippen molar-refractivity contribution in [2.45, 2.75) is 44.3 Å². The molecule has 2 saturated heterocycles. The van der Waals surface area contributed by atoms with E-state index < -0.39 is 47.2 Å². The summed E-state index contributed by atoms with van der Waals surface area (Å²) in [5.74, 6) is -4.29. The van der Waals surface area contributed by atoms with Crippen LogP contribution in [0.5, 0.6) is 0 Å². The Kier molecular flexibility index (Phi) is 5.26. The average Bonchev–Trinajstić information content (AvgIpc) is 3.38. The van der Waals surface area contributed by atoms with Gasteiger partial charge in [0, 0.05) is 18.0 Å². The molecule has 0 aromatic heterocycles. The number of aliphatic carboxylic acids is 1. The topological polar surface area (TPSA) is 123 Å². The molecule has 8 nitrogen and oxygen atoms in total. The van der Waals surface area contributed by atoms with E-state index in [2.05, 4.69) is 5.32 Å². The third kappa shape index (κ3) is 3.09. The SMILES string of the molecule is Cc1cc(Cl)c2c(c1)[C@]1([NH2+][C@H](CCC(=O)[O-])[C@H]3C(=O)N([C@H](C)c4ccccc4)C(=O)[C@H]31)C(=O)N2. The molecule has 0 unspecified atom stereocenters. The first kappa shape index (κ1) is 22.6. The number of rotatable bonds is 5. The molecule has 3 amide bonds. The number of aryl methyl sites for hydroxylation is 1. The third-order valence-corrected chi connectivity index (χ3v) is 7.76. The summed E-state index contributed by atoms with van der Waals surface area (Å²) >= 11 is 6.43. The van der Waals surface area contributed by atoms with E-state index in [0.29, 0.717) is 16.3 Å². The predicted molar refractivity (Wildman–Crippen MR) is 120 cm³/mol. The minimum atomic E-state index is -1.40. The highest BCUT2D eigenvalue weighted by molar-refractivity contribution is 6.35. The van der Waals surface area contributed by atoms with Gasteiger partial charge in [-0.05, 0) is 43.5 Å². The summed E-state index contributed by atoms with van der Waals surface area (Å²) in [6, 6.07) is 11.6. The van der Waals surface area contributed by atoms with Crippen molar-refractivity contribution < 1.29 is 29.6 Å². The Balaban J connectivity index is 1.64. The summed E-state index contributed by atoms with van der Waals surface area (Å²) in [5.41, 5.74) is 1.20. The van der Waals surface area contributed by atoms with Crippen LogP contribution in [0.1, 0.15) is 42.5 Å². The van der Waals surface area contributed by atoms with Gasteiger partial charge in [-0.25, -0.2) is 0 Å². The number of quaternary nitrogens is 1. The molecule has 0 aliphatic carbocycles. The maximum absolute atomic E-state index is 13.9. The molecule has 9 heteroatoms. The Morgan fingerprint density at radius 2 is 1.91 bits per heavy atom. The first-order valence-electron chi connectivity index (χ1n) is 11.3. The molecule has 2 fully saturated rings. The zero-order chi connectivity index (χ0) is 24.4. The molecular formula is C25H24ClN3O5. The molecular weight excluding hydrogens is 458 g/mol. The number of carbonyl (C=O) groups is 4. The highest BCUT2D eigenvalue weighted by Gasteiger charge is 2.74. The van der Waals surface area contributed by atoms with E-state index in [0.717, 1.165) is 11.1 Å². The number of hydrogen-bond acceptors (Lipinski definition) is 5. The van der Waals surface area contributed by atoms with Crippen molar-refractivity contribution in [3.05, 3.63) is 64.2 Å². The van der Waals surface area contributed by atoms with Gasteiger partial charge < -0.3 is 20.5 Å². The van der Waals surface area contributed by atoms with Gasteiger partial charge in [0.15, 0.2) is 0 Å². The van der Waals surface area contributed by atoms with E-state index in [9.17, 15) is 24.3 Å². The highest BCUT2D eigenvalue weighted by Crippen LogP contribution is 2.52. The Labute approximate surface area is 201 Å². The number of nitrogens with zero attached hydrogens (tertiary/aromatic N) is 1. The van der Waals surface area contributed by atoms with Crippen LogP contribution in [-0.2, 0) is 24.7 Å². The van der Waals surface area contributed by atoms with Crippen LogP contribution in [-0.4, -0.2) is 34.6 Å². The molecule has 0 bridgehead atoms. The number of imide groups is 1. The number of likely N-dealkylation sites (tertiary alicyclic amines) is 1. The van der Waals surface area contributed by atoms with Crippen LogP contribution in [0.25, 0.3) is 0 Å². The zero-order valence-electron chi connectivity index (χ0n) is 18.7. The second-order valence-electron chi connectivity index (χ2n) is 9.37. The summed E-state index contributed by atoms with van der Waals surface area (Å²) in [5, 5.41) is 16.1. The van der Waals surface area contributed by atoms with Crippen molar-refractivity contribution >= 4 is 41.0 Å². The molecule has 1 spiro atoms. The first-order chi connectivity index (χ1) is 16.2. The standard InChI is InChI=1S/C25H24ClN3O5/c1-12-10-15-21(16(26)11-12)27-24(34)25(15)20-19(17(28-25)8-9-18(30)31)22(32)29(23(20)33)13(2)14-6-4-3-5-7-14/h3-7,10-11,13,17,19-20,28H,8-9H2,1-2H3,(H,27,34)(H,30,31)/t13-,17-,19-,20+,25-/m1/s1. The number of carboxylic acid groups (broad SMARTS) is 1. The Morgan fingerprint density at radius 1 is 1.21 bits per heavy atom. The second kappa shape index (κ2) is 7.92. The Bertz CT molecular complexity index is 1230. The van der Waals surface area contributed by atoms with Crippen molar-refractivity contribution in [1.29, 1.82) is 0 Å². The number of carbonyl (C=O) groups excluding carboxylic acids is 4. The van der Waals surface area contributed by atoms with Crippen LogP contribution in [0.3, 0.4) is 0 Å². The number of carboxylic acids is 1. The lowest BCUT2D eigenvalue weighted by molar-refractivity contribution is -0.734. The summed E-state index contributed by atoms with van der Waals surface area (Å²) in [4.78, 5) is 53.7. The Morgan fingerprint density at radius 3 is 2.59 bits per heavy atom. The van der Waals surface area contributed by atoms with Crippen LogP contribution >= 0.6 is 11.6 Å². The van der Waals surface area contributed by atoms with Gasteiger partial charge in [0.1, 0.15) is 17.9 Å². The number of nitrogens with two attached hydrogens (primary N) is 1. The van der Waals surface area contributed by atoms with Gasteiger partial charge in [-0.15, -0.1) is 0 Å². The lowest BCUT2D eigenvalue weighted by atomic mass is 9.76. The van der Waals surface area contributed by atoms with Gasteiger partial charge in [0.05, 0.1) is 16.8 Å². The second-order valence-corrected chi connectivity index (χ2v) is 9.78. The van der Waals surface area contributed by atoms with E-state index in [4.69, 9.17) is 11.6 Å². The van der Waals surface area contributed by atoms with Crippen LogP contribution in [0.4, 0.5) is 5.69 Å². The molecule has 3 heterocycles. The molecule has 2 aromatic carbocycles. The van der Waals surface area contributed by atoms with Gasteiger partial charge in [-0.3, -0.25) is 19.3 Å². The van der Waals surface area contributed by atoms with Crippen LogP contribution < -0.4 is 15.7 Å². The normalized spacial score (nSPS) is 28.3. The number of fused-ring (bicyclic) bond motifs is 4. The number of nitrogens with one attached hydrogen (secondary N) is 1. The van der Waals surface area contributed by atoms with E-state index in [1.54, 1.807) is 18.3 Å². The maximum Gasteiger partial charge on any atom is 0.291 e. The van der Waals surface area contributed by atoms with Crippen LogP contribution in [0.15, 0.2) is 42.5 Å². The lowest BCUT2D eigenvalue weighted by Crippen LogP contribution is -2.99. The molecule has 3 N–H and O–H groups in total. The van der Waals surface area contributed by atoms with Crippen molar-refractivity contribution in [2.75, 3.05) is 5.32 Å².